The molecule has 0 aliphatic carbocycles. The van der Waals surface area contributed by atoms with Gasteiger partial charge in [0.2, 0.25) is 0 Å². The van der Waals surface area contributed by atoms with E-state index in [4.69, 9.17) is 20.9 Å². The fourth-order valence-corrected chi connectivity index (χ4v) is 2.55. The standard InChI is InChI=1S/C15H16ClN3O2/c1-10-7-12(21-18-10)9-19-14-8-11(20-2)3-4-13(14)17-15(19)5-6-16/h3-4,7-8H,5-6,9H2,1-2H3. The molecule has 0 radical (unpaired) electrons. The van der Waals surface area contributed by atoms with Gasteiger partial charge in [0.15, 0.2) is 5.76 Å². The van der Waals surface area contributed by atoms with Crippen molar-refractivity contribution >= 4 is 22.6 Å². The number of rotatable bonds is 5. The van der Waals surface area contributed by atoms with Crippen LogP contribution in [0.1, 0.15) is 17.3 Å². The van der Waals surface area contributed by atoms with Crippen LogP contribution in [0, 0.1) is 6.92 Å². The monoisotopic (exact) mass is 305 g/mol. The highest BCUT2D eigenvalue weighted by Crippen LogP contribution is 2.23. The molecular weight excluding hydrogens is 290 g/mol. The van der Waals surface area contributed by atoms with Crippen LogP contribution >= 0.6 is 11.6 Å². The number of benzene rings is 1. The molecule has 0 spiro atoms. The van der Waals surface area contributed by atoms with E-state index in [1.54, 1.807) is 7.11 Å². The topological polar surface area (TPSA) is 53.1 Å². The van der Waals surface area contributed by atoms with Crippen LogP contribution in [0.2, 0.25) is 0 Å². The summed E-state index contributed by atoms with van der Waals surface area (Å²) in [5.41, 5.74) is 2.79. The number of hydrogen-bond acceptors (Lipinski definition) is 4. The highest BCUT2D eigenvalue weighted by Gasteiger charge is 2.13. The molecule has 21 heavy (non-hydrogen) atoms. The van der Waals surface area contributed by atoms with Gasteiger partial charge in [-0.25, -0.2) is 4.98 Å². The molecule has 0 unspecified atom stereocenters. The van der Waals surface area contributed by atoms with Gasteiger partial charge >= 0.3 is 0 Å². The minimum atomic E-state index is 0.524. The summed E-state index contributed by atoms with van der Waals surface area (Å²) in [4.78, 5) is 4.64. The maximum atomic E-state index is 5.89. The lowest BCUT2D eigenvalue weighted by molar-refractivity contribution is 0.372. The summed E-state index contributed by atoms with van der Waals surface area (Å²) < 4.78 is 12.7. The third kappa shape index (κ3) is 2.74. The van der Waals surface area contributed by atoms with E-state index >= 15 is 0 Å². The first-order valence-corrected chi connectivity index (χ1v) is 7.26. The predicted octanol–water partition coefficient (Wildman–Crippen LogP) is 3.17. The molecule has 6 heteroatoms. The molecule has 0 saturated carbocycles. The van der Waals surface area contributed by atoms with Crippen LogP contribution in [0.5, 0.6) is 5.75 Å². The second kappa shape index (κ2) is 5.77. The zero-order chi connectivity index (χ0) is 14.8. The summed E-state index contributed by atoms with van der Waals surface area (Å²) in [6.07, 6.45) is 0.700. The number of fused-ring (bicyclic) bond motifs is 1. The average molecular weight is 306 g/mol. The van der Waals surface area contributed by atoms with E-state index in [2.05, 4.69) is 14.7 Å². The molecule has 0 fully saturated rings. The number of aryl methyl sites for hydroxylation is 2. The van der Waals surface area contributed by atoms with Gasteiger partial charge in [-0.3, -0.25) is 0 Å². The second-order valence-electron chi connectivity index (χ2n) is 4.84. The molecule has 0 atom stereocenters. The molecule has 0 saturated heterocycles. The Kier molecular flexibility index (Phi) is 3.84. The Bertz CT molecular complexity index is 763. The summed E-state index contributed by atoms with van der Waals surface area (Å²) in [6, 6.07) is 7.76. The van der Waals surface area contributed by atoms with Crippen molar-refractivity contribution in [1.82, 2.24) is 14.7 Å². The normalized spacial score (nSPS) is 11.2. The van der Waals surface area contributed by atoms with Gasteiger partial charge in [-0.2, -0.15) is 0 Å². The molecule has 2 aromatic heterocycles. The number of methoxy groups -OCH3 is 1. The van der Waals surface area contributed by atoms with Gasteiger partial charge in [0, 0.05) is 24.4 Å². The van der Waals surface area contributed by atoms with E-state index in [9.17, 15) is 0 Å². The number of imidazole rings is 1. The van der Waals surface area contributed by atoms with Crippen LogP contribution in [0.4, 0.5) is 0 Å². The van der Waals surface area contributed by atoms with Crippen molar-refractivity contribution in [1.29, 1.82) is 0 Å². The summed E-state index contributed by atoms with van der Waals surface area (Å²) in [7, 11) is 1.65. The van der Waals surface area contributed by atoms with Crippen molar-refractivity contribution in [2.24, 2.45) is 0 Å². The summed E-state index contributed by atoms with van der Waals surface area (Å²) in [5, 5.41) is 3.93. The van der Waals surface area contributed by atoms with Crippen LogP contribution in [-0.4, -0.2) is 27.7 Å². The van der Waals surface area contributed by atoms with E-state index in [1.165, 1.54) is 0 Å². The van der Waals surface area contributed by atoms with Gasteiger partial charge < -0.3 is 13.8 Å². The molecule has 2 heterocycles. The van der Waals surface area contributed by atoms with Gasteiger partial charge in [0.05, 0.1) is 30.4 Å². The number of alkyl halides is 1. The molecule has 3 rings (SSSR count). The number of ether oxygens (including phenoxy) is 1. The highest BCUT2D eigenvalue weighted by atomic mass is 35.5. The Labute approximate surface area is 127 Å². The van der Waals surface area contributed by atoms with Crippen molar-refractivity contribution in [3.8, 4) is 5.75 Å². The molecular formula is C15H16ClN3O2. The van der Waals surface area contributed by atoms with E-state index in [0.717, 1.165) is 34.1 Å². The number of nitrogens with zero attached hydrogens (tertiary/aromatic N) is 3. The zero-order valence-corrected chi connectivity index (χ0v) is 12.7. The average Bonchev–Trinajstić information content (AvgIpc) is 3.04. The van der Waals surface area contributed by atoms with Gasteiger partial charge in [-0.05, 0) is 19.1 Å². The Morgan fingerprint density at radius 2 is 2.19 bits per heavy atom. The quantitative estimate of drug-likeness (QED) is 0.679. The zero-order valence-electron chi connectivity index (χ0n) is 12.0. The molecule has 110 valence electrons. The SMILES string of the molecule is COc1ccc2nc(CCCl)n(Cc3cc(C)no3)c2c1. The van der Waals surface area contributed by atoms with E-state index in [1.807, 2.05) is 31.2 Å². The maximum absolute atomic E-state index is 5.89. The van der Waals surface area contributed by atoms with E-state index in [-0.39, 0.29) is 0 Å². The summed E-state index contributed by atoms with van der Waals surface area (Å²) in [5.74, 6) is 3.05. The number of hydrogen-bond donors (Lipinski definition) is 0. The van der Waals surface area contributed by atoms with Crippen molar-refractivity contribution in [3.05, 3.63) is 41.5 Å². The van der Waals surface area contributed by atoms with Gasteiger partial charge in [-0.1, -0.05) is 5.16 Å². The summed E-state index contributed by atoms with van der Waals surface area (Å²) in [6.45, 7) is 2.48. The van der Waals surface area contributed by atoms with Gasteiger partial charge in [0.1, 0.15) is 11.6 Å². The number of aromatic nitrogens is 3. The first-order valence-electron chi connectivity index (χ1n) is 6.72. The van der Waals surface area contributed by atoms with Crippen LogP contribution < -0.4 is 4.74 Å². The molecule has 0 bridgehead atoms. The molecule has 0 amide bonds. The first-order chi connectivity index (χ1) is 10.2. The van der Waals surface area contributed by atoms with E-state index < -0.39 is 0 Å². The van der Waals surface area contributed by atoms with Crippen molar-refractivity contribution in [3.63, 3.8) is 0 Å². The predicted molar refractivity (Wildman–Crippen MR) is 81.1 cm³/mol. The minimum absolute atomic E-state index is 0.524. The molecule has 3 aromatic rings. The van der Waals surface area contributed by atoms with Crippen molar-refractivity contribution in [2.75, 3.05) is 13.0 Å². The largest absolute Gasteiger partial charge is 0.497 e. The Balaban J connectivity index is 2.09. The van der Waals surface area contributed by atoms with Crippen LogP contribution in [-0.2, 0) is 13.0 Å². The lowest BCUT2D eigenvalue weighted by Gasteiger charge is -2.06. The molecule has 5 nitrogen and oxygen atoms in total. The van der Waals surface area contributed by atoms with Gasteiger partial charge in [0.25, 0.3) is 0 Å². The van der Waals surface area contributed by atoms with Crippen LogP contribution in [0.15, 0.2) is 28.8 Å². The molecule has 0 aliphatic rings. The first kappa shape index (κ1) is 13.9. The third-order valence-corrected chi connectivity index (χ3v) is 3.53. The Hall–Kier alpha value is -2.01. The van der Waals surface area contributed by atoms with Crippen LogP contribution in [0.25, 0.3) is 11.0 Å². The van der Waals surface area contributed by atoms with Crippen molar-refractivity contribution in [2.45, 2.75) is 19.9 Å². The Morgan fingerprint density at radius 1 is 1.33 bits per heavy atom. The third-order valence-electron chi connectivity index (χ3n) is 3.34. The fraction of sp³-hybridized carbons (Fsp3) is 0.333. The highest BCUT2D eigenvalue weighted by molar-refractivity contribution is 6.17. The van der Waals surface area contributed by atoms with E-state index in [0.29, 0.717) is 18.8 Å². The lowest BCUT2D eigenvalue weighted by atomic mass is 10.3. The molecule has 0 aliphatic heterocycles. The number of halogens is 1. The lowest BCUT2D eigenvalue weighted by Crippen LogP contribution is -2.05. The minimum Gasteiger partial charge on any atom is -0.497 e. The van der Waals surface area contributed by atoms with Crippen molar-refractivity contribution < 1.29 is 9.26 Å². The second-order valence-corrected chi connectivity index (χ2v) is 5.22. The maximum Gasteiger partial charge on any atom is 0.156 e. The molecule has 1 aromatic carbocycles. The van der Waals surface area contributed by atoms with Crippen LogP contribution in [0.3, 0.4) is 0 Å². The molecule has 0 N–H and O–H groups in total. The smallest absolute Gasteiger partial charge is 0.156 e. The summed E-state index contributed by atoms with van der Waals surface area (Å²) >= 11 is 5.89. The Morgan fingerprint density at radius 3 is 2.86 bits per heavy atom. The fourth-order valence-electron chi connectivity index (χ4n) is 2.38. The van der Waals surface area contributed by atoms with Gasteiger partial charge in [-0.15, -0.1) is 11.6 Å².